The van der Waals surface area contributed by atoms with E-state index in [9.17, 15) is 0 Å². The molecule has 3 aromatic rings. The number of rotatable bonds is 8. The zero-order valence-corrected chi connectivity index (χ0v) is 19.7. The second kappa shape index (κ2) is 8.65. The van der Waals surface area contributed by atoms with Gasteiger partial charge in [-0.15, -0.1) is 0 Å². The number of hydrogen-bond acceptors (Lipinski definition) is 4. The smallest absolute Gasteiger partial charge is 0.199 e. The van der Waals surface area contributed by atoms with Gasteiger partial charge in [-0.2, -0.15) is 10.2 Å². The first-order valence-corrected chi connectivity index (χ1v) is 11.3. The number of aryl methyl sites for hydroxylation is 1. The predicted molar refractivity (Wildman–Crippen MR) is 122 cm³/mol. The Hall–Kier alpha value is -1.96. The van der Waals surface area contributed by atoms with Crippen molar-refractivity contribution in [1.82, 2.24) is 29.0 Å². The SMILES string of the molecule is CCn1c(C2CC2)nn(CN(C)Cc2c(C)nn(Cc3ccccc3Cl)c2C)c1=S. The molecule has 0 bridgehead atoms. The molecule has 0 aliphatic heterocycles. The molecule has 1 aromatic carbocycles. The van der Waals surface area contributed by atoms with Crippen molar-refractivity contribution in [2.45, 2.75) is 65.8 Å². The predicted octanol–water partition coefficient (Wildman–Crippen LogP) is 4.92. The van der Waals surface area contributed by atoms with Gasteiger partial charge in [0.05, 0.1) is 18.9 Å². The minimum absolute atomic E-state index is 0.589. The highest BCUT2D eigenvalue weighted by Gasteiger charge is 2.29. The molecule has 0 atom stereocenters. The molecule has 1 fully saturated rings. The van der Waals surface area contributed by atoms with Gasteiger partial charge in [-0.3, -0.25) is 9.58 Å². The molecule has 1 saturated carbocycles. The van der Waals surface area contributed by atoms with Crippen molar-refractivity contribution in [3.63, 3.8) is 0 Å². The van der Waals surface area contributed by atoms with Crippen LogP contribution in [0.25, 0.3) is 0 Å². The fourth-order valence-corrected chi connectivity index (χ4v) is 4.46. The van der Waals surface area contributed by atoms with E-state index in [1.165, 1.54) is 24.1 Å². The van der Waals surface area contributed by atoms with Crippen LogP contribution in [0.15, 0.2) is 24.3 Å². The number of nitrogens with zero attached hydrogens (tertiary/aromatic N) is 6. The molecule has 2 aromatic heterocycles. The highest BCUT2D eigenvalue weighted by molar-refractivity contribution is 7.71. The Kier molecular flexibility index (Phi) is 6.14. The molecule has 0 N–H and O–H groups in total. The van der Waals surface area contributed by atoms with E-state index in [1.54, 1.807) is 0 Å². The van der Waals surface area contributed by atoms with Crippen molar-refractivity contribution in [2.75, 3.05) is 7.05 Å². The highest BCUT2D eigenvalue weighted by Crippen LogP contribution is 2.39. The van der Waals surface area contributed by atoms with Gasteiger partial charge in [0.25, 0.3) is 0 Å². The third kappa shape index (κ3) is 4.24. The zero-order chi connectivity index (χ0) is 21.4. The first-order chi connectivity index (χ1) is 14.4. The minimum Gasteiger partial charge on any atom is -0.304 e. The molecule has 1 aliphatic rings. The van der Waals surface area contributed by atoms with Crippen LogP contribution < -0.4 is 0 Å². The third-order valence-electron chi connectivity index (χ3n) is 5.82. The van der Waals surface area contributed by atoms with E-state index in [2.05, 4.69) is 37.3 Å². The van der Waals surface area contributed by atoms with Gasteiger partial charge in [0.2, 0.25) is 0 Å². The van der Waals surface area contributed by atoms with Crippen LogP contribution in [0.3, 0.4) is 0 Å². The van der Waals surface area contributed by atoms with Gasteiger partial charge in [-0.05, 0) is 64.5 Å². The summed E-state index contributed by atoms with van der Waals surface area (Å²) in [4.78, 5) is 2.25. The quantitative estimate of drug-likeness (QED) is 0.463. The van der Waals surface area contributed by atoms with E-state index >= 15 is 0 Å². The van der Waals surface area contributed by atoms with Crippen molar-refractivity contribution in [3.05, 3.63) is 62.4 Å². The van der Waals surface area contributed by atoms with Crippen molar-refractivity contribution >= 4 is 23.8 Å². The maximum absolute atomic E-state index is 6.34. The van der Waals surface area contributed by atoms with Crippen LogP contribution in [0.2, 0.25) is 5.02 Å². The Morgan fingerprint density at radius 2 is 1.90 bits per heavy atom. The topological polar surface area (TPSA) is 43.8 Å². The average molecular weight is 445 g/mol. The first kappa shape index (κ1) is 21.3. The van der Waals surface area contributed by atoms with Crippen molar-refractivity contribution in [1.29, 1.82) is 0 Å². The summed E-state index contributed by atoms with van der Waals surface area (Å²) >= 11 is 12.0. The lowest BCUT2D eigenvalue weighted by Crippen LogP contribution is -2.23. The monoisotopic (exact) mass is 444 g/mol. The molecule has 4 rings (SSSR count). The van der Waals surface area contributed by atoms with Gasteiger partial charge in [0.15, 0.2) is 4.77 Å². The Morgan fingerprint density at radius 1 is 1.17 bits per heavy atom. The van der Waals surface area contributed by atoms with E-state index in [1.807, 2.05) is 33.6 Å². The lowest BCUT2D eigenvalue weighted by molar-refractivity contribution is 0.242. The summed E-state index contributed by atoms with van der Waals surface area (Å²) in [5.41, 5.74) is 4.54. The number of halogens is 1. The molecule has 0 unspecified atom stereocenters. The third-order valence-corrected chi connectivity index (χ3v) is 6.62. The van der Waals surface area contributed by atoms with E-state index in [0.717, 1.165) is 40.0 Å². The van der Waals surface area contributed by atoms with Crippen molar-refractivity contribution < 1.29 is 0 Å². The Labute approximate surface area is 188 Å². The summed E-state index contributed by atoms with van der Waals surface area (Å²) in [5, 5.41) is 10.4. The van der Waals surface area contributed by atoms with Crippen LogP contribution in [-0.4, -0.2) is 36.1 Å². The number of aromatic nitrogens is 5. The number of hydrogen-bond donors (Lipinski definition) is 0. The normalized spacial score (nSPS) is 14.1. The van der Waals surface area contributed by atoms with Crippen LogP contribution in [-0.2, 0) is 26.3 Å². The van der Waals surface area contributed by atoms with Gasteiger partial charge < -0.3 is 4.57 Å². The fraction of sp³-hybridized carbons (Fsp3) is 0.500. The summed E-state index contributed by atoms with van der Waals surface area (Å²) in [7, 11) is 2.10. The summed E-state index contributed by atoms with van der Waals surface area (Å²) in [6.45, 7) is 9.34. The molecule has 160 valence electrons. The van der Waals surface area contributed by atoms with Crippen LogP contribution >= 0.6 is 23.8 Å². The molecule has 0 saturated heterocycles. The van der Waals surface area contributed by atoms with Gasteiger partial charge in [-0.1, -0.05) is 29.8 Å². The summed E-state index contributed by atoms with van der Waals surface area (Å²) in [6, 6.07) is 7.93. The Morgan fingerprint density at radius 3 is 2.57 bits per heavy atom. The molecule has 1 aliphatic carbocycles. The van der Waals surface area contributed by atoms with Crippen LogP contribution in [0.1, 0.15) is 54.0 Å². The molecule has 30 heavy (non-hydrogen) atoms. The van der Waals surface area contributed by atoms with Crippen molar-refractivity contribution in [3.8, 4) is 0 Å². The van der Waals surface area contributed by atoms with E-state index in [-0.39, 0.29) is 0 Å². The Balaban J connectivity index is 1.50. The first-order valence-electron chi connectivity index (χ1n) is 10.5. The molecule has 8 heteroatoms. The largest absolute Gasteiger partial charge is 0.304 e. The maximum Gasteiger partial charge on any atom is 0.199 e. The molecule has 2 heterocycles. The second-order valence-electron chi connectivity index (χ2n) is 8.21. The second-order valence-corrected chi connectivity index (χ2v) is 8.99. The molecule has 6 nitrogen and oxygen atoms in total. The lowest BCUT2D eigenvalue weighted by Gasteiger charge is -2.17. The summed E-state index contributed by atoms with van der Waals surface area (Å²) in [5.74, 6) is 1.74. The van der Waals surface area contributed by atoms with E-state index in [4.69, 9.17) is 34.0 Å². The van der Waals surface area contributed by atoms with Crippen molar-refractivity contribution in [2.24, 2.45) is 0 Å². The van der Waals surface area contributed by atoms with Crippen LogP contribution in [0.5, 0.6) is 0 Å². The highest BCUT2D eigenvalue weighted by atomic mass is 35.5. The van der Waals surface area contributed by atoms with Crippen LogP contribution in [0, 0.1) is 18.6 Å². The summed E-state index contributed by atoms with van der Waals surface area (Å²) < 4.78 is 7.00. The number of benzene rings is 1. The van der Waals surface area contributed by atoms with Gasteiger partial charge >= 0.3 is 0 Å². The standard InChI is InChI=1S/C22H29ClN6S/c1-5-27-21(17-10-11-17)25-29(22(27)30)14-26(4)13-19-15(2)24-28(16(19)3)12-18-8-6-7-9-20(18)23/h6-9,17H,5,10-14H2,1-4H3. The molecule has 0 radical (unpaired) electrons. The zero-order valence-electron chi connectivity index (χ0n) is 18.1. The summed E-state index contributed by atoms with van der Waals surface area (Å²) in [6.07, 6.45) is 2.45. The van der Waals surface area contributed by atoms with Gasteiger partial charge in [-0.25, -0.2) is 4.68 Å². The molecule has 0 spiro atoms. The lowest BCUT2D eigenvalue weighted by atomic mass is 10.2. The minimum atomic E-state index is 0.589. The maximum atomic E-state index is 6.34. The molecular formula is C22H29ClN6S. The van der Waals surface area contributed by atoms with E-state index in [0.29, 0.717) is 19.1 Å². The molecule has 0 amide bonds. The van der Waals surface area contributed by atoms with Gasteiger partial charge in [0.1, 0.15) is 5.82 Å². The Bertz CT molecular complexity index is 1110. The van der Waals surface area contributed by atoms with Gasteiger partial charge in [0, 0.05) is 35.3 Å². The van der Waals surface area contributed by atoms with Crippen LogP contribution in [0.4, 0.5) is 0 Å². The average Bonchev–Trinajstić information content (AvgIpc) is 3.47. The molecular weight excluding hydrogens is 416 g/mol. The fourth-order valence-electron chi connectivity index (χ4n) is 3.94. The van der Waals surface area contributed by atoms with E-state index < -0.39 is 0 Å².